The molecule has 23 heavy (non-hydrogen) atoms. The summed E-state index contributed by atoms with van der Waals surface area (Å²) in [5.41, 5.74) is 0. The lowest BCUT2D eigenvalue weighted by Gasteiger charge is -2.30. The van der Waals surface area contributed by atoms with Gasteiger partial charge in [-0.3, -0.25) is 9.59 Å². The lowest BCUT2D eigenvalue weighted by atomic mass is 9.79. The SMILES string of the molecule is O=C(O)CCCCCCCNC(=O)C1CCC(C(O)CO)CC1. The third-order valence-corrected chi connectivity index (χ3v) is 4.74. The number of rotatable bonds is 11. The van der Waals surface area contributed by atoms with Crippen molar-refractivity contribution < 1.29 is 24.9 Å². The number of hydrogen-bond acceptors (Lipinski definition) is 4. The Balaban J connectivity index is 2.01. The molecule has 1 unspecified atom stereocenters. The number of aliphatic hydroxyl groups is 2. The van der Waals surface area contributed by atoms with Gasteiger partial charge < -0.3 is 20.6 Å². The minimum absolute atomic E-state index is 0.0349. The Kier molecular flexibility index (Phi) is 9.87. The summed E-state index contributed by atoms with van der Waals surface area (Å²) < 4.78 is 0. The molecule has 0 aromatic rings. The van der Waals surface area contributed by atoms with Crippen molar-refractivity contribution >= 4 is 11.9 Å². The van der Waals surface area contributed by atoms with E-state index >= 15 is 0 Å². The average Bonchev–Trinajstić information content (AvgIpc) is 2.56. The predicted molar refractivity (Wildman–Crippen MR) is 86.9 cm³/mol. The van der Waals surface area contributed by atoms with Crippen molar-refractivity contribution in [1.82, 2.24) is 5.32 Å². The molecule has 1 fully saturated rings. The first-order valence-electron chi connectivity index (χ1n) is 8.83. The van der Waals surface area contributed by atoms with Crippen molar-refractivity contribution in [1.29, 1.82) is 0 Å². The maximum atomic E-state index is 12.1. The van der Waals surface area contributed by atoms with Gasteiger partial charge in [0.05, 0.1) is 12.7 Å². The van der Waals surface area contributed by atoms with Crippen molar-refractivity contribution in [2.24, 2.45) is 11.8 Å². The number of carbonyl (C=O) groups excluding carboxylic acids is 1. The van der Waals surface area contributed by atoms with Gasteiger partial charge in [-0.15, -0.1) is 0 Å². The number of carboxylic acid groups (broad SMARTS) is 1. The van der Waals surface area contributed by atoms with E-state index in [4.69, 9.17) is 10.2 Å². The van der Waals surface area contributed by atoms with Crippen molar-refractivity contribution in [3.05, 3.63) is 0 Å². The van der Waals surface area contributed by atoms with Crippen molar-refractivity contribution in [2.75, 3.05) is 13.2 Å². The quantitative estimate of drug-likeness (QED) is 0.432. The fourth-order valence-corrected chi connectivity index (χ4v) is 3.20. The second-order valence-corrected chi connectivity index (χ2v) is 6.56. The standard InChI is InChI=1S/C17H31NO5/c19-12-15(20)13-7-9-14(10-8-13)17(23)18-11-5-3-1-2-4-6-16(21)22/h13-15,19-20H,1-12H2,(H,18,23)(H,21,22). The molecule has 4 N–H and O–H groups in total. The molecule has 1 amide bonds. The van der Waals surface area contributed by atoms with Gasteiger partial charge in [0, 0.05) is 18.9 Å². The highest BCUT2D eigenvalue weighted by atomic mass is 16.4. The van der Waals surface area contributed by atoms with Gasteiger partial charge in [0.15, 0.2) is 0 Å². The topological polar surface area (TPSA) is 107 Å². The summed E-state index contributed by atoms with van der Waals surface area (Å²) in [7, 11) is 0. The molecule has 0 aromatic carbocycles. The molecule has 6 heteroatoms. The Bertz CT molecular complexity index is 353. The van der Waals surface area contributed by atoms with Gasteiger partial charge in [-0.2, -0.15) is 0 Å². The van der Waals surface area contributed by atoms with Crippen LogP contribution >= 0.6 is 0 Å². The van der Waals surface area contributed by atoms with Crippen LogP contribution in [0, 0.1) is 11.8 Å². The summed E-state index contributed by atoms with van der Waals surface area (Å²) in [6.45, 7) is 0.477. The number of nitrogens with one attached hydrogen (secondary N) is 1. The van der Waals surface area contributed by atoms with Crippen LogP contribution in [0.15, 0.2) is 0 Å². The van der Waals surface area contributed by atoms with Gasteiger partial charge in [0.25, 0.3) is 0 Å². The first kappa shape index (κ1) is 19.9. The Labute approximate surface area is 138 Å². The first-order chi connectivity index (χ1) is 11.0. The Morgan fingerprint density at radius 3 is 2.22 bits per heavy atom. The molecule has 0 spiro atoms. The molecule has 6 nitrogen and oxygen atoms in total. The predicted octanol–water partition coefficient (Wildman–Crippen LogP) is 1.69. The number of carboxylic acids is 1. The molecule has 1 atom stereocenters. The summed E-state index contributed by atoms with van der Waals surface area (Å²) in [5.74, 6) is -0.478. The van der Waals surface area contributed by atoms with Crippen LogP contribution in [0.5, 0.6) is 0 Å². The van der Waals surface area contributed by atoms with Crippen LogP contribution in [-0.2, 0) is 9.59 Å². The molecule has 134 valence electrons. The number of aliphatic hydroxyl groups excluding tert-OH is 2. The fourth-order valence-electron chi connectivity index (χ4n) is 3.20. The zero-order chi connectivity index (χ0) is 17.1. The third-order valence-electron chi connectivity index (χ3n) is 4.74. The summed E-state index contributed by atoms with van der Waals surface area (Å²) >= 11 is 0. The third kappa shape index (κ3) is 8.32. The van der Waals surface area contributed by atoms with Crippen LogP contribution in [0.2, 0.25) is 0 Å². The summed E-state index contributed by atoms with van der Waals surface area (Å²) in [4.78, 5) is 22.4. The highest BCUT2D eigenvalue weighted by molar-refractivity contribution is 5.78. The largest absolute Gasteiger partial charge is 0.481 e. The van der Waals surface area contributed by atoms with Crippen molar-refractivity contribution in [2.45, 2.75) is 70.3 Å². The highest BCUT2D eigenvalue weighted by Gasteiger charge is 2.29. The van der Waals surface area contributed by atoms with Gasteiger partial charge in [-0.25, -0.2) is 0 Å². The normalized spacial score (nSPS) is 22.5. The minimum atomic E-state index is -0.738. The summed E-state index contributed by atoms with van der Waals surface area (Å²) in [5, 5.41) is 30.1. The summed E-state index contributed by atoms with van der Waals surface area (Å²) in [6.07, 6.45) is 7.34. The van der Waals surface area contributed by atoms with E-state index in [1.165, 1.54) is 0 Å². The molecular weight excluding hydrogens is 298 g/mol. The Morgan fingerprint density at radius 2 is 1.61 bits per heavy atom. The van der Waals surface area contributed by atoms with Crippen LogP contribution < -0.4 is 5.32 Å². The highest BCUT2D eigenvalue weighted by Crippen LogP contribution is 2.30. The maximum Gasteiger partial charge on any atom is 0.303 e. The Hall–Kier alpha value is -1.14. The molecule has 1 saturated carbocycles. The minimum Gasteiger partial charge on any atom is -0.481 e. The van der Waals surface area contributed by atoms with Crippen LogP contribution in [0.1, 0.15) is 64.2 Å². The second-order valence-electron chi connectivity index (χ2n) is 6.56. The number of hydrogen-bond donors (Lipinski definition) is 4. The second kappa shape index (κ2) is 11.4. The molecule has 1 aliphatic carbocycles. The molecule has 0 heterocycles. The van der Waals surface area contributed by atoms with Crippen LogP contribution in [0.25, 0.3) is 0 Å². The molecular formula is C17H31NO5. The van der Waals surface area contributed by atoms with E-state index in [2.05, 4.69) is 5.32 Å². The van der Waals surface area contributed by atoms with E-state index in [1.54, 1.807) is 0 Å². The van der Waals surface area contributed by atoms with Crippen LogP contribution in [0.4, 0.5) is 0 Å². The number of unbranched alkanes of at least 4 members (excludes halogenated alkanes) is 4. The van der Waals surface area contributed by atoms with Crippen LogP contribution in [-0.4, -0.2) is 46.5 Å². The van der Waals surface area contributed by atoms with Gasteiger partial charge in [0.2, 0.25) is 5.91 Å². The van der Waals surface area contributed by atoms with E-state index in [-0.39, 0.29) is 30.8 Å². The van der Waals surface area contributed by atoms with Gasteiger partial charge >= 0.3 is 5.97 Å². The smallest absolute Gasteiger partial charge is 0.303 e. The lowest BCUT2D eigenvalue weighted by Crippen LogP contribution is -2.36. The van der Waals surface area contributed by atoms with Crippen LogP contribution in [0.3, 0.4) is 0 Å². The zero-order valence-corrected chi connectivity index (χ0v) is 13.9. The summed E-state index contributed by atoms with van der Waals surface area (Å²) in [6, 6.07) is 0. The Morgan fingerprint density at radius 1 is 1.00 bits per heavy atom. The van der Waals surface area contributed by atoms with Gasteiger partial charge in [0.1, 0.15) is 0 Å². The molecule has 0 saturated heterocycles. The molecule has 1 aliphatic rings. The average molecular weight is 329 g/mol. The van der Waals surface area contributed by atoms with E-state index in [9.17, 15) is 14.7 Å². The first-order valence-corrected chi connectivity index (χ1v) is 8.83. The fraction of sp³-hybridized carbons (Fsp3) is 0.882. The number of carbonyl (C=O) groups is 2. The van der Waals surface area contributed by atoms with E-state index in [0.717, 1.165) is 57.8 Å². The zero-order valence-electron chi connectivity index (χ0n) is 13.9. The van der Waals surface area contributed by atoms with Gasteiger partial charge in [-0.1, -0.05) is 19.3 Å². The van der Waals surface area contributed by atoms with E-state index in [1.807, 2.05) is 0 Å². The number of aliphatic carboxylic acids is 1. The van der Waals surface area contributed by atoms with Gasteiger partial charge in [-0.05, 0) is 44.4 Å². The molecule has 0 aliphatic heterocycles. The molecule has 0 aromatic heterocycles. The molecule has 0 bridgehead atoms. The number of amides is 1. The van der Waals surface area contributed by atoms with E-state index in [0.29, 0.717) is 6.54 Å². The van der Waals surface area contributed by atoms with Crippen molar-refractivity contribution in [3.8, 4) is 0 Å². The maximum absolute atomic E-state index is 12.1. The van der Waals surface area contributed by atoms with Crippen molar-refractivity contribution in [3.63, 3.8) is 0 Å². The van der Waals surface area contributed by atoms with E-state index < -0.39 is 12.1 Å². The molecule has 1 rings (SSSR count). The molecule has 0 radical (unpaired) electrons. The monoisotopic (exact) mass is 329 g/mol. The lowest BCUT2D eigenvalue weighted by molar-refractivity contribution is -0.137.